The van der Waals surface area contributed by atoms with Crippen molar-refractivity contribution in [1.82, 2.24) is 14.1 Å². The molecule has 9 nitrogen and oxygen atoms in total. The number of aromatic amines is 2. The summed E-state index contributed by atoms with van der Waals surface area (Å²) in [5, 5.41) is 0. The zero-order valence-corrected chi connectivity index (χ0v) is 19.5. The number of halogens is 6. The van der Waals surface area contributed by atoms with Crippen LogP contribution in [0.4, 0.5) is 26.3 Å². The Morgan fingerprint density at radius 2 is 1.06 bits per heavy atom. The lowest BCUT2D eigenvalue weighted by Gasteiger charge is -2.11. The van der Waals surface area contributed by atoms with Gasteiger partial charge in [-0.2, -0.15) is 26.3 Å². The van der Waals surface area contributed by atoms with E-state index in [9.17, 15) is 43.2 Å². The highest BCUT2D eigenvalue weighted by Crippen LogP contribution is 2.27. The number of nitrogens with one attached hydrogen (secondary N) is 3. The van der Waals surface area contributed by atoms with Gasteiger partial charge in [0.1, 0.15) is 24.8 Å². The molecule has 2 aromatic heterocycles. The van der Waals surface area contributed by atoms with E-state index in [2.05, 4.69) is 45.3 Å². The number of nitrogens with zero attached hydrogens (tertiary/aromatic N) is 2. The number of hydrogen-bond acceptors (Lipinski definition) is 4. The van der Waals surface area contributed by atoms with Crippen LogP contribution in [0, 0.1) is 0 Å². The molecule has 0 radical (unpaired) electrons. The SMILES string of the molecule is CCCC[n+]1cc[nH]c1.CCCC[n+]1cc[nH]c1.O=S(=O)(NS(=O)(=O)C(F)(F)F)C(F)(F)F. The minimum absolute atomic E-state index is 0.493. The lowest BCUT2D eigenvalue weighted by molar-refractivity contribution is -0.696. The molecule has 0 aliphatic carbocycles. The Balaban J connectivity index is 0.000000489. The number of alkyl halides is 6. The smallest absolute Gasteiger partial charge is 0.250 e. The van der Waals surface area contributed by atoms with Crippen LogP contribution < -0.4 is 13.3 Å². The zero-order valence-electron chi connectivity index (χ0n) is 17.8. The average molecular weight is 532 g/mol. The van der Waals surface area contributed by atoms with Crippen molar-refractivity contribution in [2.75, 3.05) is 0 Å². The van der Waals surface area contributed by atoms with Gasteiger partial charge in [0, 0.05) is 0 Å². The number of aromatic nitrogens is 4. The molecular formula is C16H27F6N5O4S2+2. The molecule has 3 N–H and O–H groups in total. The molecule has 2 aromatic rings. The molecule has 0 bridgehead atoms. The predicted octanol–water partition coefficient (Wildman–Crippen LogP) is 2.48. The Hall–Kier alpha value is -2.14. The van der Waals surface area contributed by atoms with E-state index in [4.69, 9.17) is 0 Å². The van der Waals surface area contributed by atoms with Gasteiger partial charge in [-0.15, -0.1) is 0 Å². The largest absolute Gasteiger partial charge is 0.512 e. The number of H-pyrrole nitrogens is 2. The second-order valence-corrected chi connectivity index (χ2v) is 9.99. The lowest BCUT2D eigenvalue weighted by Crippen LogP contribution is -2.45. The summed E-state index contributed by atoms with van der Waals surface area (Å²) >= 11 is 0. The Morgan fingerprint density at radius 3 is 1.27 bits per heavy atom. The monoisotopic (exact) mass is 531 g/mol. The topological polar surface area (TPSA) is 120 Å². The maximum atomic E-state index is 11.5. The van der Waals surface area contributed by atoms with Crippen molar-refractivity contribution in [2.24, 2.45) is 0 Å². The third kappa shape index (κ3) is 12.0. The third-order valence-corrected chi connectivity index (χ3v) is 6.55. The molecule has 33 heavy (non-hydrogen) atoms. The van der Waals surface area contributed by atoms with Crippen LogP contribution in [-0.2, 0) is 33.1 Å². The quantitative estimate of drug-likeness (QED) is 0.358. The Labute approximate surface area is 187 Å². The van der Waals surface area contributed by atoms with Crippen LogP contribution >= 0.6 is 0 Å². The van der Waals surface area contributed by atoms with Crippen molar-refractivity contribution in [1.29, 1.82) is 0 Å². The van der Waals surface area contributed by atoms with E-state index in [1.807, 2.05) is 25.0 Å². The molecule has 0 saturated carbocycles. The van der Waals surface area contributed by atoms with Gasteiger partial charge in [-0.1, -0.05) is 30.8 Å². The van der Waals surface area contributed by atoms with Crippen LogP contribution in [-0.4, -0.2) is 37.8 Å². The number of rotatable bonds is 8. The fourth-order valence-corrected chi connectivity index (χ4v) is 3.75. The van der Waals surface area contributed by atoms with E-state index < -0.39 is 35.2 Å². The standard InChI is InChI=1S/2C7H12N2.C2HF6NO4S2/c2*1-2-3-5-9-6-4-8-7-9;3-1(4,5)14(10,11)9-15(12,13)2(6,7)8/h2*4,6-7H,2-3,5H2,1H3;9H/p+2. The van der Waals surface area contributed by atoms with Crippen LogP contribution in [0.5, 0.6) is 0 Å². The summed E-state index contributed by atoms with van der Waals surface area (Å²) in [6, 6.07) is 0. The van der Waals surface area contributed by atoms with E-state index >= 15 is 0 Å². The molecule has 0 amide bonds. The molecule has 0 saturated heterocycles. The fraction of sp³-hybridized carbons (Fsp3) is 0.625. The first-order chi connectivity index (χ1) is 15.1. The van der Waals surface area contributed by atoms with Gasteiger partial charge in [-0.05, 0) is 12.8 Å². The van der Waals surface area contributed by atoms with E-state index in [0.717, 1.165) is 13.1 Å². The lowest BCUT2D eigenvalue weighted by atomic mass is 10.3. The summed E-state index contributed by atoms with van der Waals surface area (Å²) in [6.45, 7) is 6.68. The second kappa shape index (κ2) is 13.5. The fourth-order valence-electron chi connectivity index (χ4n) is 1.84. The van der Waals surface area contributed by atoms with Crippen molar-refractivity contribution in [2.45, 2.75) is 63.6 Å². The molecule has 0 atom stereocenters. The van der Waals surface area contributed by atoms with Crippen LogP contribution in [0.2, 0.25) is 0 Å². The summed E-state index contributed by atoms with van der Waals surface area (Å²) < 4.78 is 113. The summed E-state index contributed by atoms with van der Waals surface area (Å²) in [5.41, 5.74) is -12.3. The Kier molecular flexibility index (Phi) is 12.7. The van der Waals surface area contributed by atoms with E-state index in [0.29, 0.717) is 0 Å². The molecule has 0 unspecified atom stereocenters. The summed E-state index contributed by atoms with van der Waals surface area (Å²) in [6.07, 6.45) is 17.0. The van der Waals surface area contributed by atoms with Gasteiger partial charge < -0.3 is 0 Å². The minimum Gasteiger partial charge on any atom is -0.250 e. The highest BCUT2D eigenvalue weighted by molar-refractivity contribution is 8.05. The molecule has 0 spiro atoms. The van der Waals surface area contributed by atoms with Crippen molar-refractivity contribution < 1.29 is 52.3 Å². The summed E-state index contributed by atoms with van der Waals surface area (Å²) in [7, 11) is -13.2. The van der Waals surface area contributed by atoms with Crippen molar-refractivity contribution in [3.05, 3.63) is 37.4 Å². The summed E-state index contributed by atoms with van der Waals surface area (Å²) in [5.74, 6) is 0. The van der Waals surface area contributed by atoms with E-state index in [1.165, 1.54) is 25.7 Å². The van der Waals surface area contributed by atoms with Gasteiger partial charge in [0.05, 0.1) is 13.1 Å². The number of aryl methyl sites for hydroxylation is 2. The van der Waals surface area contributed by atoms with Crippen LogP contribution in [0.3, 0.4) is 0 Å². The van der Waals surface area contributed by atoms with Gasteiger partial charge >= 0.3 is 31.1 Å². The second-order valence-electron chi connectivity index (χ2n) is 6.39. The van der Waals surface area contributed by atoms with Crippen molar-refractivity contribution in [3.63, 3.8) is 0 Å². The van der Waals surface area contributed by atoms with E-state index in [-0.39, 0.29) is 0 Å². The Morgan fingerprint density at radius 1 is 0.727 bits per heavy atom. The molecular weight excluding hydrogens is 504 g/mol. The third-order valence-electron chi connectivity index (χ3n) is 3.57. The predicted molar refractivity (Wildman–Crippen MR) is 105 cm³/mol. The molecule has 192 valence electrons. The molecule has 0 aliphatic heterocycles. The van der Waals surface area contributed by atoms with Gasteiger partial charge in [-0.3, -0.25) is 9.97 Å². The van der Waals surface area contributed by atoms with Crippen LogP contribution in [0.15, 0.2) is 37.4 Å². The van der Waals surface area contributed by atoms with Gasteiger partial charge in [-0.25, -0.2) is 26.0 Å². The number of sulfonamides is 2. The number of unbranched alkanes of at least 4 members (excludes halogenated alkanes) is 2. The molecule has 2 heterocycles. The zero-order chi connectivity index (χ0) is 25.8. The first kappa shape index (κ1) is 30.9. The van der Waals surface area contributed by atoms with Gasteiger partial charge in [0.25, 0.3) is 0 Å². The maximum Gasteiger partial charge on any atom is 0.512 e. The molecule has 0 aromatic carbocycles. The average Bonchev–Trinajstić information content (AvgIpc) is 3.37. The normalized spacial score (nSPS) is 12.4. The number of imidazole rings is 2. The Bertz CT molecular complexity index is 893. The van der Waals surface area contributed by atoms with Crippen molar-refractivity contribution in [3.8, 4) is 0 Å². The van der Waals surface area contributed by atoms with Gasteiger partial charge in [0.2, 0.25) is 12.7 Å². The van der Waals surface area contributed by atoms with Crippen LogP contribution in [0.1, 0.15) is 39.5 Å². The highest BCUT2D eigenvalue weighted by atomic mass is 32.3. The maximum absolute atomic E-state index is 11.5. The molecule has 0 fully saturated rings. The minimum atomic E-state index is -6.60. The molecule has 17 heteroatoms. The first-order valence-corrected chi connectivity index (χ1v) is 12.5. The summed E-state index contributed by atoms with van der Waals surface area (Å²) in [4.78, 5) is 6.00. The first-order valence-electron chi connectivity index (χ1n) is 9.52. The highest BCUT2D eigenvalue weighted by Gasteiger charge is 2.55. The van der Waals surface area contributed by atoms with Gasteiger partial charge in [0.15, 0.2) is 0 Å². The molecule has 2 rings (SSSR count). The van der Waals surface area contributed by atoms with E-state index in [1.54, 1.807) is 0 Å². The van der Waals surface area contributed by atoms with Crippen LogP contribution in [0.25, 0.3) is 0 Å². The number of hydrogen-bond donors (Lipinski definition) is 3. The molecule has 0 aliphatic rings. The van der Waals surface area contributed by atoms with Crippen molar-refractivity contribution >= 4 is 20.0 Å².